The molecule has 0 atom stereocenters. The molecule has 0 bridgehead atoms. The molecular weight excluding hydrogens is 278 g/mol. The Morgan fingerprint density at radius 1 is 1.24 bits per heavy atom. The summed E-state index contributed by atoms with van der Waals surface area (Å²) in [7, 11) is 0. The van der Waals surface area contributed by atoms with Crippen molar-refractivity contribution in [3.05, 3.63) is 53.0 Å². The van der Waals surface area contributed by atoms with Crippen molar-refractivity contribution < 1.29 is 0 Å². The minimum atomic E-state index is 0.631. The van der Waals surface area contributed by atoms with Crippen molar-refractivity contribution in [3.8, 4) is 0 Å². The van der Waals surface area contributed by atoms with Crippen LogP contribution in [0.5, 0.6) is 0 Å². The van der Waals surface area contributed by atoms with Crippen LogP contribution < -0.4 is 10.6 Å². The highest BCUT2D eigenvalue weighted by molar-refractivity contribution is 7.07. The minimum absolute atomic E-state index is 0.631. The number of thiophene rings is 1. The molecule has 2 heterocycles. The van der Waals surface area contributed by atoms with E-state index in [2.05, 4.69) is 38.8 Å². The van der Waals surface area contributed by atoms with Crippen LogP contribution in [0.1, 0.15) is 18.4 Å². The van der Waals surface area contributed by atoms with Crippen molar-refractivity contribution in [1.82, 2.24) is 4.98 Å². The van der Waals surface area contributed by atoms with Gasteiger partial charge in [-0.25, -0.2) is 0 Å². The fourth-order valence-corrected chi connectivity index (χ4v) is 3.47. The average Bonchev–Trinajstić information content (AvgIpc) is 3.23. The smallest absolute Gasteiger partial charge is 0.0632 e. The maximum absolute atomic E-state index is 6.45. The van der Waals surface area contributed by atoms with Gasteiger partial charge in [0.25, 0.3) is 0 Å². The summed E-state index contributed by atoms with van der Waals surface area (Å²) in [5, 5.41) is 6.55. The second kappa shape index (κ2) is 5.04. The van der Waals surface area contributed by atoms with Gasteiger partial charge in [-0.1, -0.05) is 6.07 Å². The largest absolute Gasteiger partial charge is 0.397 e. The van der Waals surface area contributed by atoms with E-state index in [1.165, 1.54) is 18.4 Å². The molecule has 21 heavy (non-hydrogen) atoms. The van der Waals surface area contributed by atoms with Gasteiger partial charge in [0.15, 0.2) is 0 Å². The molecule has 1 saturated carbocycles. The molecule has 0 saturated heterocycles. The average molecular weight is 295 g/mol. The molecular formula is C17H17N3S. The highest BCUT2D eigenvalue weighted by Gasteiger charge is 2.30. The number of hydrogen-bond donors (Lipinski definition) is 1. The summed E-state index contributed by atoms with van der Waals surface area (Å²) in [6.45, 7) is 0.939. The summed E-state index contributed by atoms with van der Waals surface area (Å²) in [6, 6.07) is 9.10. The predicted molar refractivity (Wildman–Crippen MR) is 89.7 cm³/mol. The molecule has 0 spiro atoms. The normalized spacial score (nSPS) is 14.5. The van der Waals surface area contributed by atoms with Gasteiger partial charge in [0.1, 0.15) is 0 Å². The molecule has 2 N–H and O–H groups in total. The number of nitrogens with zero attached hydrogens (tertiary/aromatic N) is 2. The van der Waals surface area contributed by atoms with E-state index in [0.29, 0.717) is 6.04 Å². The predicted octanol–water partition coefficient (Wildman–Crippen LogP) is 4.05. The van der Waals surface area contributed by atoms with Gasteiger partial charge >= 0.3 is 0 Å². The van der Waals surface area contributed by atoms with Crippen LogP contribution in [-0.2, 0) is 6.54 Å². The number of anilines is 2. The van der Waals surface area contributed by atoms with Crippen LogP contribution in [0.25, 0.3) is 10.8 Å². The zero-order valence-electron chi connectivity index (χ0n) is 11.7. The minimum Gasteiger partial charge on any atom is -0.397 e. The SMILES string of the molecule is Nc1c(N(Cc2ccsc2)C2CC2)ccc2cnccc12. The molecule has 0 amide bonds. The third kappa shape index (κ3) is 2.36. The van der Waals surface area contributed by atoms with Crippen molar-refractivity contribution in [1.29, 1.82) is 0 Å². The Labute approximate surface area is 128 Å². The van der Waals surface area contributed by atoms with Crippen LogP contribution in [0, 0.1) is 0 Å². The molecule has 2 aromatic heterocycles. The van der Waals surface area contributed by atoms with Crippen LogP contribution in [0.3, 0.4) is 0 Å². The quantitative estimate of drug-likeness (QED) is 0.738. The van der Waals surface area contributed by atoms with Gasteiger partial charge in [-0.05, 0) is 47.4 Å². The van der Waals surface area contributed by atoms with Gasteiger partial charge in [0, 0.05) is 35.8 Å². The lowest BCUT2D eigenvalue weighted by Crippen LogP contribution is -2.25. The van der Waals surface area contributed by atoms with E-state index in [1.54, 1.807) is 11.3 Å². The highest BCUT2D eigenvalue weighted by Crippen LogP contribution is 2.39. The lowest BCUT2D eigenvalue weighted by molar-refractivity contribution is 0.798. The highest BCUT2D eigenvalue weighted by atomic mass is 32.1. The number of rotatable bonds is 4. The van der Waals surface area contributed by atoms with Crippen molar-refractivity contribution in [2.24, 2.45) is 0 Å². The second-order valence-electron chi connectivity index (χ2n) is 5.59. The maximum atomic E-state index is 6.45. The van der Waals surface area contributed by atoms with E-state index < -0.39 is 0 Å². The van der Waals surface area contributed by atoms with E-state index in [4.69, 9.17) is 5.73 Å². The van der Waals surface area contributed by atoms with Crippen LogP contribution in [-0.4, -0.2) is 11.0 Å². The first-order valence-electron chi connectivity index (χ1n) is 7.23. The second-order valence-corrected chi connectivity index (χ2v) is 6.37. The summed E-state index contributed by atoms with van der Waals surface area (Å²) in [6.07, 6.45) is 6.20. The summed E-state index contributed by atoms with van der Waals surface area (Å²) < 4.78 is 0. The number of nitrogen functional groups attached to an aromatic ring is 1. The molecule has 4 heteroatoms. The maximum Gasteiger partial charge on any atom is 0.0632 e. The van der Waals surface area contributed by atoms with Crippen LogP contribution in [0.4, 0.5) is 11.4 Å². The Bertz CT molecular complexity index is 763. The number of hydrogen-bond acceptors (Lipinski definition) is 4. The van der Waals surface area contributed by atoms with Crippen LogP contribution in [0.2, 0.25) is 0 Å². The van der Waals surface area contributed by atoms with Crippen molar-refractivity contribution in [3.63, 3.8) is 0 Å². The first-order valence-corrected chi connectivity index (χ1v) is 8.17. The number of fused-ring (bicyclic) bond motifs is 1. The molecule has 3 aromatic rings. The lowest BCUT2D eigenvalue weighted by Gasteiger charge is -2.26. The first kappa shape index (κ1) is 12.7. The Hall–Kier alpha value is -2.07. The van der Waals surface area contributed by atoms with E-state index in [0.717, 1.165) is 28.7 Å². The van der Waals surface area contributed by atoms with E-state index in [-0.39, 0.29) is 0 Å². The van der Waals surface area contributed by atoms with Gasteiger partial charge < -0.3 is 10.6 Å². The van der Waals surface area contributed by atoms with E-state index in [1.807, 2.05) is 18.5 Å². The summed E-state index contributed by atoms with van der Waals surface area (Å²) in [4.78, 5) is 6.62. The Morgan fingerprint density at radius 2 is 2.14 bits per heavy atom. The zero-order chi connectivity index (χ0) is 14.2. The molecule has 0 aliphatic heterocycles. The molecule has 4 rings (SSSR count). The van der Waals surface area contributed by atoms with Gasteiger partial charge in [-0.2, -0.15) is 11.3 Å². The molecule has 3 nitrogen and oxygen atoms in total. The van der Waals surface area contributed by atoms with Gasteiger partial charge in [0.2, 0.25) is 0 Å². The fraction of sp³-hybridized carbons (Fsp3) is 0.235. The Morgan fingerprint density at radius 3 is 2.90 bits per heavy atom. The summed E-state index contributed by atoms with van der Waals surface area (Å²) in [5.41, 5.74) is 9.84. The first-order chi connectivity index (χ1) is 10.3. The van der Waals surface area contributed by atoms with Gasteiger partial charge in [0.05, 0.1) is 11.4 Å². The third-order valence-corrected chi connectivity index (χ3v) is 4.80. The standard InChI is InChI=1S/C17H17N3S/c18-17-15-5-7-19-9-13(15)1-4-16(17)20(14-2-3-14)10-12-6-8-21-11-12/h1,4-9,11,14H,2-3,10,18H2. The van der Waals surface area contributed by atoms with Crippen molar-refractivity contribution in [2.45, 2.75) is 25.4 Å². The number of aromatic nitrogens is 1. The summed E-state index contributed by atoms with van der Waals surface area (Å²) >= 11 is 1.75. The molecule has 1 aliphatic rings. The lowest BCUT2D eigenvalue weighted by atomic mass is 10.1. The van der Waals surface area contributed by atoms with Crippen molar-refractivity contribution >= 4 is 33.5 Å². The van der Waals surface area contributed by atoms with Crippen LogP contribution in [0.15, 0.2) is 47.4 Å². The molecule has 106 valence electrons. The van der Waals surface area contributed by atoms with E-state index in [9.17, 15) is 0 Å². The van der Waals surface area contributed by atoms with Crippen molar-refractivity contribution in [2.75, 3.05) is 10.6 Å². The number of nitrogens with two attached hydrogens (primary N) is 1. The third-order valence-electron chi connectivity index (χ3n) is 4.07. The monoisotopic (exact) mass is 295 g/mol. The number of benzene rings is 1. The van der Waals surface area contributed by atoms with Crippen LogP contribution >= 0.6 is 11.3 Å². The molecule has 1 aromatic carbocycles. The molecule has 1 fully saturated rings. The Balaban J connectivity index is 1.77. The topological polar surface area (TPSA) is 42.1 Å². The molecule has 0 unspecified atom stereocenters. The number of pyridine rings is 1. The fourth-order valence-electron chi connectivity index (χ4n) is 2.81. The van der Waals surface area contributed by atoms with Gasteiger partial charge in [-0.15, -0.1) is 0 Å². The Kier molecular flexibility index (Phi) is 3.04. The van der Waals surface area contributed by atoms with E-state index >= 15 is 0 Å². The molecule has 0 radical (unpaired) electrons. The zero-order valence-corrected chi connectivity index (χ0v) is 12.5. The molecule has 1 aliphatic carbocycles. The van der Waals surface area contributed by atoms with Gasteiger partial charge in [-0.3, -0.25) is 4.98 Å². The summed E-state index contributed by atoms with van der Waals surface area (Å²) in [5.74, 6) is 0.